The van der Waals surface area contributed by atoms with Crippen LogP contribution in [-0.4, -0.2) is 12.1 Å². The van der Waals surface area contributed by atoms with Crippen molar-refractivity contribution in [2.75, 3.05) is 5.85 Å². The highest BCUT2D eigenvalue weighted by atomic mass is 32.2. The summed E-state index contributed by atoms with van der Waals surface area (Å²) in [6.45, 7) is 0. The fourth-order valence-corrected chi connectivity index (χ4v) is 0.607. The number of aliphatic imine (C=N–C) groups is 1. The van der Waals surface area contributed by atoms with Gasteiger partial charge in [-0.05, 0) is 11.5 Å². The third-order valence-electron chi connectivity index (χ3n) is 0.451. The van der Waals surface area contributed by atoms with Gasteiger partial charge in [-0.25, -0.2) is 0 Å². The molecule has 0 aliphatic carbocycles. The molecule has 0 aromatic heterocycles. The van der Waals surface area contributed by atoms with Gasteiger partial charge < -0.3 is 0 Å². The van der Waals surface area contributed by atoms with Crippen LogP contribution in [0.25, 0.3) is 0 Å². The summed E-state index contributed by atoms with van der Waals surface area (Å²) in [5.74, 6) is -0.315. The molecule has 0 radical (unpaired) electrons. The van der Waals surface area contributed by atoms with Gasteiger partial charge in [-0.3, -0.25) is 4.99 Å². The average molecular weight is 100 g/mol. The summed E-state index contributed by atoms with van der Waals surface area (Å²) in [4.78, 5) is 3.75. The van der Waals surface area contributed by atoms with Crippen LogP contribution in [0.2, 0.25) is 0 Å². The van der Waals surface area contributed by atoms with Crippen molar-refractivity contribution in [3.63, 3.8) is 0 Å². The monoisotopic (exact) mass is 100 g/mol. The smallest absolute Gasteiger partial charge is 0.0884 e. The minimum absolute atomic E-state index is 0.315. The van der Waals surface area contributed by atoms with E-state index < -0.39 is 0 Å². The maximum absolute atomic E-state index is 6.99. The number of hydrogen-bond donors (Lipinski definition) is 0. The lowest BCUT2D eigenvalue weighted by Gasteiger charge is -1.88. The molecule has 1 aliphatic heterocycles. The number of nitrogens with zero attached hydrogens (tertiary/aromatic N) is 1. The highest BCUT2D eigenvalue weighted by Gasteiger charge is 1.78. The molecule has 32 valence electrons. The molecule has 0 aromatic rings. The molecule has 0 bridgehead atoms. The molecule has 0 saturated carbocycles. The summed E-state index contributed by atoms with van der Waals surface area (Å²) < 4.78 is 6.99. The third-order valence-corrected chi connectivity index (χ3v) is 1.01. The number of hydrogen-bond acceptors (Lipinski definition) is 2. The van der Waals surface area contributed by atoms with Crippen molar-refractivity contribution < 1.29 is 1.37 Å². The molecule has 1 rings (SSSR count). The predicted octanol–water partition coefficient (Wildman–Crippen LogP) is 1.28. The molecular weight excluding hydrogens is 94.1 g/mol. The fraction of sp³-hybridized carbons (Fsp3) is 0.250. The van der Waals surface area contributed by atoms with Gasteiger partial charge in [0.05, 0.1) is 7.22 Å². The Hall–Kier alpha value is -0.240. The molecular formula is C4H5NS. The van der Waals surface area contributed by atoms with Crippen LogP contribution in [-0.2, 0) is 0 Å². The molecule has 2 heteroatoms. The van der Waals surface area contributed by atoms with Crippen LogP contribution >= 0.6 is 11.8 Å². The second-order valence-corrected chi connectivity index (χ2v) is 1.62. The van der Waals surface area contributed by atoms with Gasteiger partial charge in [0, 0.05) is 6.21 Å². The lowest BCUT2D eigenvalue weighted by atomic mass is 10.7. The van der Waals surface area contributed by atoms with E-state index in [0.29, 0.717) is 0 Å². The largest absolute Gasteiger partial charge is 0.282 e. The van der Waals surface area contributed by atoms with Crippen LogP contribution in [0.5, 0.6) is 0 Å². The third kappa shape index (κ3) is 0.863. The van der Waals surface area contributed by atoms with E-state index in [2.05, 4.69) is 4.99 Å². The molecule has 1 heterocycles. The van der Waals surface area contributed by atoms with E-state index in [0.717, 1.165) is 0 Å². The molecule has 1 aliphatic rings. The van der Waals surface area contributed by atoms with Gasteiger partial charge in [0.2, 0.25) is 0 Å². The van der Waals surface area contributed by atoms with Gasteiger partial charge >= 0.3 is 0 Å². The van der Waals surface area contributed by atoms with Gasteiger partial charge in [0.25, 0.3) is 0 Å². The minimum atomic E-state index is -0.315. The van der Waals surface area contributed by atoms with Crippen molar-refractivity contribution in [1.29, 1.82) is 0 Å². The van der Waals surface area contributed by atoms with E-state index in [1.54, 1.807) is 6.21 Å². The van der Waals surface area contributed by atoms with Crippen LogP contribution in [0.15, 0.2) is 16.5 Å². The fourth-order valence-electron chi connectivity index (χ4n) is 0.236. The van der Waals surface area contributed by atoms with Gasteiger partial charge in [0.15, 0.2) is 0 Å². The first-order chi connectivity index (χ1) is 3.39. The summed E-state index contributed by atoms with van der Waals surface area (Å²) in [6.07, 6.45) is 3.48. The zero-order valence-corrected chi connectivity index (χ0v) is 3.98. The van der Waals surface area contributed by atoms with E-state index in [4.69, 9.17) is 1.37 Å². The molecule has 0 amide bonds. The first-order valence-corrected chi connectivity index (χ1v) is 2.60. The lowest BCUT2D eigenvalue weighted by molar-refractivity contribution is 1.40. The summed E-state index contributed by atoms with van der Waals surface area (Å²) in [5.41, 5.74) is 0. The summed E-state index contributed by atoms with van der Waals surface area (Å²) >= 11 is 1.41. The number of thioether (sulfide) groups is 1. The van der Waals surface area contributed by atoms with Gasteiger partial charge in [0.1, 0.15) is 0 Å². The molecule has 1 unspecified atom stereocenters. The average Bonchev–Trinajstić information content (AvgIpc) is 1.69. The first kappa shape index (κ1) is 2.86. The maximum atomic E-state index is 6.99. The minimum Gasteiger partial charge on any atom is -0.282 e. The maximum Gasteiger partial charge on any atom is 0.0884 e. The van der Waals surface area contributed by atoms with Crippen molar-refractivity contribution in [2.24, 2.45) is 4.99 Å². The Morgan fingerprint density at radius 2 is 3.00 bits per heavy atom. The predicted molar refractivity (Wildman–Crippen MR) is 30.1 cm³/mol. The van der Waals surface area contributed by atoms with Crippen LogP contribution in [0.1, 0.15) is 1.37 Å². The van der Waals surface area contributed by atoms with E-state index in [1.165, 1.54) is 11.8 Å². The molecule has 0 aromatic carbocycles. The van der Waals surface area contributed by atoms with Crippen molar-refractivity contribution in [1.82, 2.24) is 0 Å². The summed E-state index contributed by atoms with van der Waals surface area (Å²) in [5, 5.41) is 1.87. The molecule has 0 N–H and O–H groups in total. The van der Waals surface area contributed by atoms with Crippen LogP contribution in [0.3, 0.4) is 0 Å². The number of rotatable bonds is 0. The van der Waals surface area contributed by atoms with Gasteiger partial charge in [-0.15, -0.1) is 11.8 Å². The summed E-state index contributed by atoms with van der Waals surface area (Å²) in [6, 6.07) is 0. The zero-order chi connectivity index (χ0) is 5.11. The zero-order valence-electron chi connectivity index (χ0n) is 4.16. The highest BCUT2D eigenvalue weighted by molar-refractivity contribution is 8.02. The quantitative estimate of drug-likeness (QED) is 0.446. The Morgan fingerprint density at radius 1 is 2.00 bits per heavy atom. The van der Waals surface area contributed by atoms with Gasteiger partial charge in [-0.1, -0.05) is 0 Å². The second-order valence-electron chi connectivity index (χ2n) is 0.868. The normalized spacial score (nSPS) is 33.3. The SMILES string of the molecule is [2H]C1N=CC=CS1. The molecule has 0 fully saturated rings. The van der Waals surface area contributed by atoms with Crippen molar-refractivity contribution in [2.45, 2.75) is 0 Å². The lowest BCUT2D eigenvalue weighted by Crippen LogP contribution is -1.74. The first-order valence-electron chi connectivity index (χ1n) is 2.23. The standard InChI is InChI=1S/C4H5NS/c1-2-5-4-6-3-1/h1-3H,4H2/i4D. The Labute approximate surface area is 42.6 Å². The summed E-state index contributed by atoms with van der Waals surface area (Å²) in [7, 11) is 0. The Bertz CT molecular complexity index is 110. The van der Waals surface area contributed by atoms with Crippen LogP contribution in [0.4, 0.5) is 0 Å². The van der Waals surface area contributed by atoms with Crippen molar-refractivity contribution >= 4 is 18.0 Å². The van der Waals surface area contributed by atoms with E-state index >= 15 is 0 Å². The van der Waals surface area contributed by atoms with Crippen LogP contribution in [0, 0.1) is 0 Å². The topological polar surface area (TPSA) is 12.4 Å². The highest BCUT2D eigenvalue weighted by Crippen LogP contribution is 2.03. The Balaban J connectivity index is 2.49. The molecule has 6 heavy (non-hydrogen) atoms. The van der Waals surface area contributed by atoms with E-state index in [9.17, 15) is 0 Å². The molecule has 1 atom stereocenters. The molecule has 0 saturated heterocycles. The van der Waals surface area contributed by atoms with Gasteiger partial charge in [-0.2, -0.15) is 0 Å². The number of allylic oxidation sites excluding steroid dienone is 1. The van der Waals surface area contributed by atoms with E-state index in [-0.39, 0.29) is 5.85 Å². The second kappa shape index (κ2) is 2.03. The molecule has 1 nitrogen and oxygen atoms in total. The Morgan fingerprint density at radius 3 is 3.33 bits per heavy atom. The van der Waals surface area contributed by atoms with E-state index in [1.807, 2.05) is 11.5 Å². The van der Waals surface area contributed by atoms with Crippen LogP contribution < -0.4 is 0 Å². The molecule has 0 spiro atoms. The van der Waals surface area contributed by atoms with Crippen molar-refractivity contribution in [3.8, 4) is 0 Å². The Kier molecular flexibility index (Phi) is 0.965. The van der Waals surface area contributed by atoms with Crippen molar-refractivity contribution in [3.05, 3.63) is 11.5 Å².